The number of rotatable bonds is 8. The maximum Gasteiger partial charge on any atom is 0.234 e. The number of aliphatic hydroxyl groups excluding tert-OH is 1. The lowest BCUT2D eigenvalue weighted by atomic mass is 10.1. The molecule has 1 aliphatic rings. The van der Waals surface area contributed by atoms with Gasteiger partial charge in [-0.1, -0.05) is 30.3 Å². The number of aliphatic hydroxyl groups is 1. The molecule has 2 N–H and O–H groups in total. The normalized spacial score (nSPS) is 15.8. The lowest BCUT2D eigenvalue weighted by Crippen LogP contribution is -2.40. The molecule has 0 radical (unpaired) electrons. The van der Waals surface area contributed by atoms with Crippen LogP contribution in [0.5, 0.6) is 0 Å². The van der Waals surface area contributed by atoms with Gasteiger partial charge in [-0.2, -0.15) is 0 Å². The van der Waals surface area contributed by atoms with Gasteiger partial charge < -0.3 is 10.4 Å². The van der Waals surface area contributed by atoms with Crippen LogP contribution in [0.25, 0.3) is 0 Å². The molecule has 114 valence electrons. The summed E-state index contributed by atoms with van der Waals surface area (Å²) in [5.74, 6) is 0.0876. The monoisotopic (exact) mass is 290 g/mol. The van der Waals surface area contributed by atoms with Crippen LogP contribution >= 0.6 is 0 Å². The lowest BCUT2D eigenvalue weighted by Gasteiger charge is -2.19. The summed E-state index contributed by atoms with van der Waals surface area (Å²) in [5.41, 5.74) is 0.593. The van der Waals surface area contributed by atoms with Crippen molar-refractivity contribution in [1.82, 2.24) is 10.2 Å². The number of Topliss-reactive ketones (excluding diaryl/α,β-unsaturated/α-hetero) is 1. The molecule has 0 aliphatic heterocycles. The zero-order valence-electron chi connectivity index (χ0n) is 12.3. The van der Waals surface area contributed by atoms with Crippen molar-refractivity contribution in [3.63, 3.8) is 0 Å². The summed E-state index contributed by atoms with van der Waals surface area (Å²) in [6.45, 7) is 0.679. The Morgan fingerprint density at radius 1 is 1.33 bits per heavy atom. The number of nitrogens with zero attached hydrogens (tertiary/aromatic N) is 1. The van der Waals surface area contributed by atoms with E-state index in [-0.39, 0.29) is 30.9 Å². The van der Waals surface area contributed by atoms with Gasteiger partial charge >= 0.3 is 0 Å². The van der Waals surface area contributed by atoms with Gasteiger partial charge in [-0.15, -0.1) is 0 Å². The fourth-order valence-corrected chi connectivity index (χ4v) is 2.22. The Labute approximate surface area is 125 Å². The first-order valence-electron chi connectivity index (χ1n) is 7.28. The highest BCUT2D eigenvalue weighted by atomic mass is 16.3. The molecule has 1 saturated carbocycles. The second-order valence-corrected chi connectivity index (χ2v) is 5.67. The molecule has 2 rings (SSSR count). The fourth-order valence-electron chi connectivity index (χ4n) is 2.22. The highest BCUT2D eigenvalue weighted by molar-refractivity contribution is 5.99. The number of nitrogens with one attached hydrogen (secondary N) is 1. The van der Waals surface area contributed by atoms with E-state index in [1.54, 1.807) is 36.2 Å². The molecule has 0 heterocycles. The minimum absolute atomic E-state index is 0.00185. The van der Waals surface area contributed by atoms with Crippen molar-refractivity contribution in [3.8, 4) is 0 Å². The summed E-state index contributed by atoms with van der Waals surface area (Å²) in [7, 11) is 1.80. The molecule has 1 atom stereocenters. The van der Waals surface area contributed by atoms with E-state index in [2.05, 4.69) is 5.32 Å². The SMILES string of the molecule is CN(CC(=O)NCC(=O)c1ccccc1)CC(O)C1CC1. The van der Waals surface area contributed by atoms with E-state index in [0.717, 1.165) is 12.8 Å². The van der Waals surface area contributed by atoms with E-state index < -0.39 is 0 Å². The average molecular weight is 290 g/mol. The maximum atomic E-state index is 11.8. The van der Waals surface area contributed by atoms with Crippen LogP contribution in [0.3, 0.4) is 0 Å². The number of ketones is 1. The fraction of sp³-hybridized carbons (Fsp3) is 0.500. The molecule has 0 bridgehead atoms. The van der Waals surface area contributed by atoms with Crippen LogP contribution in [0.2, 0.25) is 0 Å². The first-order chi connectivity index (χ1) is 10.1. The maximum absolute atomic E-state index is 11.8. The number of likely N-dealkylation sites (N-methyl/N-ethyl adjacent to an activating group) is 1. The molecule has 1 unspecified atom stereocenters. The average Bonchev–Trinajstić information content (AvgIpc) is 3.30. The second kappa shape index (κ2) is 7.33. The number of amides is 1. The zero-order valence-corrected chi connectivity index (χ0v) is 12.3. The number of benzene rings is 1. The van der Waals surface area contributed by atoms with E-state index in [1.165, 1.54) is 0 Å². The lowest BCUT2D eigenvalue weighted by molar-refractivity contribution is -0.122. The summed E-state index contributed by atoms with van der Waals surface area (Å²) >= 11 is 0. The molecule has 1 fully saturated rings. The summed E-state index contributed by atoms with van der Waals surface area (Å²) in [6, 6.07) is 8.89. The third-order valence-corrected chi connectivity index (χ3v) is 3.62. The van der Waals surface area contributed by atoms with Crippen molar-refractivity contribution < 1.29 is 14.7 Å². The van der Waals surface area contributed by atoms with Crippen molar-refractivity contribution in [1.29, 1.82) is 0 Å². The van der Waals surface area contributed by atoms with Gasteiger partial charge in [0, 0.05) is 12.1 Å². The molecular formula is C16H22N2O3. The third kappa shape index (κ3) is 5.28. The van der Waals surface area contributed by atoms with E-state index in [4.69, 9.17) is 0 Å². The van der Waals surface area contributed by atoms with Crippen LogP contribution in [0.1, 0.15) is 23.2 Å². The van der Waals surface area contributed by atoms with Crippen LogP contribution in [0.4, 0.5) is 0 Å². The van der Waals surface area contributed by atoms with E-state index in [9.17, 15) is 14.7 Å². The Kier molecular flexibility index (Phi) is 5.47. The van der Waals surface area contributed by atoms with Gasteiger partial charge in [0.1, 0.15) is 0 Å². The standard InChI is InChI=1S/C16H22N2O3/c1-18(10-15(20)13-7-8-13)11-16(21)17-9-14(19)12-5-3-2-4-6-12/h2-6,13,15,20H,7-11H2,1H3,(H,17,21). The Morgan fingerprint density at radius 2 is 2.00 bits per heavy atom. The van der Waals surface area contributed by atoms with Crippen LogP contribution in [-0.4, -0.2) is 54.5 Å². The van der Waals surface area contributed by atoms with Crippen LogP contribution in [0.15, 0.2) is 30.3 Å². The molecular weight excluding hydrogens is 268 g/mol. The van der Waals surface area contributed by atoms with Crippen LogP contribution in [-0.2, 0) is 4.79 Å². The largest absolute Gasteiger partial charge is 0.392 e. The number of hydrogen-bond acceptors (Lipinski definition) is 4. The van der Waals surface area contributed by atoms with Gasteiger partial charge in [0.05, 0.1) is 19.2 Å². The number of hydrogen-bond donors (Lipinski definition) is 2. The molecule has 1 amide bonds. The summed E-state index contributed by atoms with van der Waals surface area (Å²) < 4.78 is 0. The van der Waals surface area contributed by atoms with Gasteiger partial charge in [0.2, 0.25) is 5.91 Å². The summed E-state index contributed by atoms with van der Waals surface area (Å²) in [5, 5.41) is 12.4. The minimum Gasteiger partial charge on any atom is -0.392 e. The first kappa shape index (κ1) is 15.7. The van der Waals surface area contributed by atoms with Crippen molar-refractivity contribution in [2.45, 2.75) is 18.9 Å². The molecule has 5 heteroatoms. The van der Waals surface area contributed by atoms with Gasteiger partial charge in [-0.3, -0.25) is 14.5 Å². The summed E-state index contributed by atoms with van der Waals surface area (Å²) in [4.78, 5) is 25.4. The van der Waals surface area contributed by atoms with Crippen molar-refractivity contribution in [2.75, 3.05) is 26.7 Å². The predicted octanol–water partition coefficient (Wildman–Crippen LogP) is 0.688. The first-order valence-corrected chi connectivity index (χ1v) is 7.28. The van der Waals surface area contributed by atoms with Gasteiger partial charge in [0.15, 0.2) is 5.78 Å². The number of carbonyl (C=O) groups is 2. The van der Waals surface area contributed by atoms with Gasteiger partial charge in [0.25, 0.3) is 0 Å². The smallest absolute Gasteiger partial charge is 0.234 e. The third-order valence-electron chi connectivity index (χ3n) is 3.62. The molecule has 0 spiro atoms. The minimum atomic E-state index is -0.353. The predicted molar refractivity (Wildman–Crippen MR) is 80.0 cm³/mol. The zero-order chi connectivity index (χ0) is 15.2. The quantitative estimate of drug-likeness (QED) is 0.691. The molecule has 1 aromatic rings. The molecule has 0 aromatic heterocycles. The van der Waals surface area contributed by atoms with Crippen molar-refractivity contribution >= 4 is 11.7 Å². The topological polar surface area (TPSA) is 69.6 Å². The van der Waals surface area contributed by atoms with E-state index in [1.807, 2.05) is 6.07 Å². The van der Waals surface area contributed by atoms with Gasteiger partial charge in [-0.25, -0.2) is 0 Å². The Balaban J connectivity index is 1.68. The van der Waals surface area contributed by atoms with Crippen molar-refractivity contribution in [2.24, 2.45) is 5.92 Å². The second-order valence-electron chi connectivity index (χ2n) is 5.67. The Morgan fingerprint density at radius 3 is 2.62 bits per heavy atom. The van der Waals surface area contributed by atoms with E-state index >= 15 is 0 Å². The van der Waals surface area contributed by atoms with Crippen LogP contribution < -0.4 is 5.32 Å². The van der Waals surface area contributed by atoms with Crippen LogP contribution in [0, 0.1) is 5.92 Å². The molecule has 0 saturated heterocycles. The molecule has 21 heavy (non-hydrogen) atoms. The van der Waals surface area contributed by atoms with E-state index in [0.29, 0.717) is 18.0 Å². The number of carbonyl (C=O) groups excluding carboxylic acids is 2. The summed E-state index contributed by atoms with van der Waals surface area (Å²) in [6.07, 6.45) is 1.80. The highest BCUT2D eigenvalue weighted by Gasteiger charge is 2.30. The molecule has 1 aromatic carbocycles. The van der Waals surface area contributed by atoms with Gasteiger partial charge in [-0.05, 0) is 25.8 Å². The molecule has 1 aliphatic carbocycles. The Hall–Kier alpha value is -1.72. The highest BCUT2D eigenvalue weighted by Crippen LogP contribution is 2.32. The Bertz CT molecular complexity index is 486. The molecule has 5 nitrogen and oxygen atoms in total. The van der Waals surface area contributed by atoms with Crippen molar-refractivity contribution in [3.05, 3.63) is 35.9 Å².